The number of hydrogen-bond acceptors (Lipinski definition) is 3. The summed E-state index contributed by atoms with van der Waals surface area (Å²) in [6.07, 6.45) is 8.00. The van der Waals surface area contributed by atoms with Crippen LogP contribution in [0, 0.1) is 17.3 Å². The standard InChI is InChI=1S/C20H22ClN3O/c21-20-10-13-7-14(11-20)9-19(8-13,12-20)18(25)24-23-17-5-1-4-16-15(17)3-2-6-22-16/h1-6,13-14,23H,7-12H2,(H,24,25)/t13-,14+,19?,20?. The molecule has 4 aliphatic carbocycles. The molecule has 1 heterocycles. The van der Waals surface area contributed by atoms with Gasteiger partial charge in [0.1, 0.15) is 0 Å². The molecule has 1 aromatic heterocycles. The van der Waals surface area contributed by atoms with E-state index in [1.807, 2.05) is 30.3 Å². The Morgan fingerprint density at radius 3 is 2.68 bits per heavy atom. The predicted octanol–water partition coefficient (Wildman–Crippen LogP) is 4.26. The highest BCUT2D eigenvalue weighted by atomic mass is 35.5. The van der Waals surface area contributed by atoms with Gasteiger partial charge in [0.2, 0.25) is 5.91 Å². The molecule has 4 fully saturated rings. The van der Waals surface area contributed by atoms with E-state index in [0.29, 0.717) is 11.8 Å². The average Bonchev–Trinajstić information content (AvgIpc) is 2.57. The lowest BCUT2D eigenvalue weighted by atomic mass is 9.49. The molecule has 0 spiro atoms. The van der Waals surface area contributed by atoms with Crippen molar-refractivity contribution in [2.45, 2.75) is 43.4 Å². The van der Waals surface area contributed by atoms with Crippen LogP contribution in [-0.2, 0) is 4.79 Å². The van der Waals surface area contributed by atoms with Gasteiger partial charge in [0.15, 0.2) is 0 Å². The summed E-state index contributed by atoms with van der Waals surface area (Å²) >= 11 is 6.85. The van der Waals surface area contributed by atoms with E-state index in [4.69, 9.17) is 11.6 Å². The fourth-order valence-electron chi connectivity index (χ4n) is 5.89. The Kier molecular flexibility index (Phi) is 3.30. The Bertz CT molecular complexity index is 832. The first-order valence-electron chi connectivity index (χ1n) is 9.15. The van der Waals surface area contributed by atoms with Gasteiger partial charge in [-0.25, -0.2) is 0 Å². The van der Waals surface area contributed by atoms with Crippen molar-refractivity contribution in [3.63, 3.8) is 0 Å². The summed E-state index contributed by atoms with van der Waals surface area (Å²) < 4.78 is 0. The molecule has 4 atom stereocenters. The second-order valence-corrected chi connectivity index (χ2v) is 9.15. The lowest BCUT2D eigenvalue weighted by Gasteiger charge is -2.59. The van der Waals surface area contributed by atoms with Gasteiger partial charge in [-0.05, 0) is 74.6 Å². The van der Waals surface area contributed by atoms with Gasteiger partial charge >= 0.3 is 0 Å². The van der Waals surface area contributed by atoms with Crippen LogP contribution in [0.5, 0.6) is 0 Å². The molecule has 25 heavy (non-hydrogen) atoms. The van der Waals surface area contributed by atoms with Crippen molar-refractivity contribution in [3.05, 3.63) is 36.5 Å². The number of carbonyl (C=O) groups is 1. The molecule has 6 rings (SSSR count). The molecule has 1 amide bonds. The number of carbonyl (C=O) groups excluding carboxylic acids is 1. The number of alkyl halides is 1. The number of aromatic nitrogens is 1. The number of fused-ring (bicyclic) bond motifs is 1. The number of anilines is 1. The second-order valence-electron chi connectivity index (χ2n) is 8.35. The van der Waals surface area contributed by atoms with Gasteiger partial charge in [-0.15, -0.1) is 11.6 Å². The van der Waals surface area contributed by atoms with Gasteiger partial charge < -0.3 is 0 Å². The van der Waals surface area contributed by atoms with Crippen LogP contribution in [0.3, 0.4) is 0 Å². The zero-order valence-corrected chi connectivity index (χ0v) is 14.9. The summed E-state index contributed by atoms with van der Waals surface area (Å²) in [7, 11) is 0. The quantitative estimate of drug-likeness (QED) is 0.639. The van der Waals surface area contributed by atoms with Crippen molar-refractivity contribution in [2.75, 3.05) is 5.43 Å². The van der Waals surface area contributed by atoms with Crippen LogP contribution in [0.1, 0.15) is 38.5 Å². The first kappa shape index (κ1) is 15.4. The minimum absolute atomic E-state index is 0.104. The molecule has 5 heteroatoms. The number of hydrazine groups is 1. The Morgan fingerprint density at radius 1 is 1.12 bits per heavy atom. The molecule has 130 valence electrons. The fourth-order valence-corrected chi connectivity index (χ4v) is 6.58. The van der Waals surface area contributed by atoms with Crippen LogP contribution in [-0.4, -0.2) is 15.8 Å². The van der Waals surface area contributed by atoms with Gasteiger partial charge in [0, 0.05) is 16.5 Å². The number of nitrogens with one attached hydrogen (secondary N) is 2. The second kappa shape index (κ2) is 5.34. The maximum absolute atomic E-state index is 13.1. The molecule has 0 aliphatic heterocycles. The highest BCUT2D eigenvalue weighted by Crippen LogP contribution is 2.63. The Morgan fingerprint density at radius 2 is 1.92 bits per heavy atom. The van der Waals surface area contributed by atoms with E-state index >= 15 is 0 Å². The maximum Gasteiger partial charge on any atom is 0.244 e. The normalized spacial score (nSPS) is 35.7. The predicted molar refractivity (Wildman–Crippen MR) is 99.2 cm³/mol. The topological polar surface area (TPSA) is 54.0 Å². The van der Waals surface area contributed by atoms with Crippen molar-refractivity contribution < 1.29 is 4.79 Å². The summed E-state index contributed by atoms with van der Waals surface area (Å²) in [6, 6.07) is 9.80. The molecule has 2 unspecified atom stereocenters. The zero-order chi connectivity index (χ0) is 17.1. The first-order valence-corrected chi connectivity index (χ1v) is 9.52. The smallest absolute Gasteiger partial charge is 0.244 e. The van der Waals surface area contributed by atoms with E-state index in [-0.39, 0.29) is 16.2 Å². The van der Waals surface area contributed by atoms with E-state index in [2.05, 4.69) is 15.8 Å². The van der Waals surface area contributed by atoms with Gasteiger partial charge in [-0.3, -0.25) is 20.6 Å². The Balaban J connectivity index is 1.37. The van der Waals surface area contributed by atoms with Crippen LogP contribution in [0.15, 0.2) is 36.5 Å². The third kappa shape index (κ3) is 2.50. The maximum atomic E-state index is 13.1. The molecule has 2 aromatic rings. The molecule has 4 bridgehead atoms. The third-order valence-electron chi connectivity index (χ3n) is 6.43. The zero-order valence-electron chi connectivity index (χ0n) is 14.1. The van der Waals surface area contributed by atoms with Crippen molar-refractivity contribution in [1.82, 2.24) is 10.4 Å². The minimum atomic E-state index is -0.290. The Hall–Kier alpha value is -1.81. The molecule has 4 nitrogen and oxygen atoms in total. The van der Waals surface area contributed by atoms with E-state index in [1.165, 1.54) is 6.42 Å². The highest BCUT2D eigenvalue weighted by molar-refractivity contribution is 6.24. The Labute approximate surface area is 152 Å². The van der Waals surface area contributed by atoms with Crippen molar-refractivity contribution in [3.8, 4) is 0 Å². The van der Waals surface area contributed by atoms with Gasteiger partial charge in [0.05, 0.1) is 16.6 Å². The summed E-state index contributed by atoms with van der Waals surface area (Å²) in [6.45, 7) is 0. The molecule has 1 aromatic carbocycles. The molecule has 4 aliphatic rings. The SMILES string of the molecule is O=C(NNc1cccc2ncccc12)C12C[C@@H]3C[C@@H](CC(Cl)(C3)C1)C2. The lowest BCUT2D eigenvalue weighted by Crippen LogP contribution is -2.59. The van der Waals surface area contributed by atoms with Crippen molar-refractivity contribution >= 4 is 34.1 Å². The summed E-state index contributed by atoms with van der Waals surface area (Å²) in [4.78, 5) is 17.3. The number of benzene rings is 1. The highest BCUT2D eigenvalue weighted by Gasteiger charge is 2.60. The van der Waals surface area contributed by atoms with Crippen LogP contribution in [0.4, 0.5) is 5.69 Å². The molecular formula is C20H22ClN3O. The van der Waals surface area contributed by atoms with Gasteiger partial charge in [-0.2, -0.15) is 0 Å². The van der Waals surface area contributed by atoms with E-state index in [9.17, 15) is 4.79 Å². The third-order valence-corrected chi connectivity index (χ3v) is 6.87. The number of amides is 1. The van der Waals surface area contributed by atoms with Crippen LogP contribution < -0.4 is 10.9 Å². The van der Waals surface area contributed by atoms with E-state index < -0.39 is 0 Å². The average molecular weight is 356 g/mol. The lowest BCUT2D eigenvalue weighted by molar-refractivity contribution is -0.144. The van der Waals surface area contributed by atoms with Crippen molar-refractivity contribution in [2.24, 2.45) is 17.3 Å². The van der Waals surface area contributed by atoms with Crippen LogP contribution in [0.2, 0.25) is 0 Å². The molecular weight excluding hydrogens is 334 g/mol. The fraction of sp³-hybridized carbons (Fsp3) is 0.500. The summed E-state index contributed by atoms with van der Waals surface area (Å²) in [5.74, 6) is 1.34. The van der Waals surface area contributed by atoms with E-state index in [1.54, 1.807) is 6.20 Å². The monoisotopic (exact) mass is 355 g/mol. The van der Waals surface area contributed by atoms with Gasteiger partial charge in [-0.1, -0.05) is 6.07 Å². The van der Waals surface area contributed by atoms with Crippen LogP contribution >= 0.6 is 11.6 Å². The molecule has 0 saturated heterocycles. The number of rotatable bonds is 3. The largest absolute Gasteiger partial charge is 0.298 e. The summed E-state index contributed by atoms with van der Waals surface area (Å²) in [5, 5.41) is 1.00. The number of hydrogen-bond donors (Lipinski definition) is 2. The van der Waals surface area contributed by atoms with E-state index in [0.717, 1.165) is 48.7 Å². The van der Waals surface area contributed by atoms with Crippen LogP contribution in [0.25, 0.3) is 10.9 Å². The van der Waals surface area contributed by atoms with Gasteiger partial charge in [0.25, 0.3) is 0 Å². The number of halogens is 1. The number of pyridine rings is 1. The summed E-state index contributed by atoms with van der Waals surface area (Å²) in [5.41, 5.74) is 7.63. The minimum Gasteiger partial charge on any atom is -0.298 e. The first-order chi connectivity index (χ1) is 12.1. The molecule has 4 saturated carbocycles. The number of nitrogens with zero attached hydrogens (tertiary/aromatic N) is 1. The molecule has 2 N–H and O–H groups in total. The molecule has 0 radical (unpaired) electrons. The van der Waals surface area contributed by atoms with Crippen molar-refractivity contribution in [1.29, 1.82) is 0 Å².